The molecule has 0 saturated carbocycles. The molecule has 0 bridgehead atoms. The lowest BCUT2D eigenvalue weighted by molar-refractivity contribution is 0.444. The molecule has 7 heteroatoms. The quantitative estimate of drug-likeness (QED) is 0.697. The molecule has 0 aliphatic carbocycles. The molecule has 0 spiro atoms. The first-order chi connectivity index (χ1) is 11.7. The minimum atomic E-state index is -0.0964. The molecule has 3 heterocycles. The van der Waals surface area contributed by atoms with Crippen LogP contribution in [0.15, 0.2) is 35.1 Å². The zero-order valence-corrected chi connectivity index (χ0v) is 13.9. The van der Waals surface area contributed by atoms with E-state index >= 15 is 0 Å². The molecule has 24 heavy (non-hydrogen) atoms. The number of para-hydroxylation sites is 1. The lowest BCUT2D eigenvalue weighted by Crippen LogP contribution is -2.30. The average Bonchev–Trinajstić information content (AvgIpc) is 2.62. The molecule has 122 valence electrons. The number of phenols is 1. The van der Waals surface area contributed by atoms with E-state index in [1.807, 2.05) is 18.4 Å². The number of benzene rings is 1. The largest absolute Gasteiger partial charge is 0.507 e. The third kappa shape index (κ3) is 2.46. The third-order valence-electron chi connectivity index (χ3n) is 4.37. The maximum atomic E-state index is 12.3. The molecule has 1 aliphatic rings. The number of hydrogen-bond acceptors (Lipinski definition) is 6. The third-order valence-corrected chi connectivity index (χ3v) is 5.20. The van der Waals surface area contributed by atoms with Gasteiger partial charge in [0, 0.05) is 29.6 Å². The highest BCUT2D eigenvalue weighted by Gasteiger charge is 2.22. The Labute approximate surface area is 142 Å². The average molecular weight is 340 g/mol. The number of rotatable bonds is 2. The Morgan fingerprint density at radius 1 is 1.25 bits per heavy atom. The van der Waals surface area contributed by atoms with Gasteiger partial charge in [0.15, 0.2) is 5.65 Å². The summed E-state index contributed by atoms with van der Waals surface area (Å²) in [6.07, 6.45) is 2.81. The normalized spacial score (nSPS) is 14.7. The van der Waals surface area contributed by atoms with Gasteiger partial charge < -0.3 is 10.1 Å². The van der Waals surface area contributed by atoms with Crippen molar-refractivity contribution in [3.8, 4) is 17.0 Å². The van der Waals surface area contributed by atoms with Crippen molar-refractivity contribution in [2.45, 2.75) is 13.0 Å². The van der Waals surface area contributed by atoms with Crippen LogP contribution in [0.3, 0.4) is 0 Å². The molecule has 2 N–H and O–H groups in total. The van der Waals surface area contributed by atoms with Gasteiger partial charge in [0.05, 0.1) is 5.69 Å². The van der Waals surface area contributed by atoms with Gasteiger partial charge >= 0.3 is 0 Å². The molecule has 0 radical (unpaired) electrons. The van der Waals surface area contributed by atoms with Crippen LogP contribution in [0.25, 0.3) is 22.3 Å². The fourth-order valence-corrected chi connectivity index (χ4v) is 3.65. The van der Waals surface area contributed by atoms with Crippen molar-refractivity contribution in [1.82, 2.24) is 19.5 Å². The first-order valence-corrected chi connectivity index (χ1v) is 8.84. The predicted molar refractivity (Wildman–Crippen MR) is 94.9 cm³/mol. The predicted octanol–water partition coefficient (Wildman–Crippen LogP) is 2.33. The molecular weight excluding hydrogens is 324 g/mol. The lowest BCUT2D eigenvalue weighted by Gasteiger charge is -2.26. The molecule has 6 nitrogen and oxygen atoms in total. The summed E-state index contributed by atoms with van der Waals surface area (Å²) in [5, 5.41) is 19.3. The molecule has 2 aromatic heterocycles. The van der Waals surface area contributed by atoms with Gasteiger partial charge in [-0.25, -0.2) is 4.31 Å². The van der Waals surface area contributed by atoms with Crippen LogP contribution in [0.4, 0.5) is 0 Å². The zero-order valence-electron chi connectivity index (χ0n) is 13.1. The van der Waals surface area contributed by atoms with Crippen LogP contribution < -0.4 is 5.56 Å². The van der Waals surface area contributed by atoms with Gasteiger partial charge in [-0.15, -0.1) is 10.2 Å². The fraction of sp³-hybridized carbons (Fsp3) is 0.235. The summed E-state index contributed by atoms with van der Waals surface area (Å²) in [7, 11) is 0. The van der Waals surface area contributed by atoms with Gasteiger partial charge in [0.25, 0.3) is 5.56 Å². The van der Waals surface area contributed by atoms with Crippen LogP contribution >= 0.6 is 11.9 Å². The molecule has 3 aromatic rings. The molecule has 0 saturated heterocycles. The number of hydrogen-bond donors (Lipinski definition) is 2. The van der Waals surface area contributed by atoms with Crippen LogP contribution in [0.2, 0.25) is 0 Å². The Hall–Kier alpha value is -2.38. The van der Waals surface area contributed by atoms with E-state index in [0.717, 1.165) is 29.5 Å². The van der Waals surface area contributed by atoms with E-state index in [2.05, 4.69) is 19.5 Å². The molecule has 1 aliphatic heterocycles. The van der Waals surface area contributed by atoms with Crippen molar-refractivity contribution in [2.75, 3.05) is 12.8 Å². The highest BCUT2D eigenvalue weighted by Crippen LogP contribution is 2.30. The smallest absolute Gasteiger partial charge is 0.254 e. The molecule has 4 rings (SSSR count). The number of fused-ring (bicyclic) bond motifs is 3. The van der Waals surface area contributed by atoms with E-state index in [4.69, 9.17) is 0 Å². The molecule has 0 atom stereocenters. The van der Waals surface area contributed by atoms with Crippen molar-refractivity contribution in [2.24, 2.45) is 0 Å². The van der Waals surface area contributed by atoms with E-state index in [1.165, 1.54) is 0 Å². The Balaban J connectivity index is 1.92. The van der Waals surface area contributed by atoms with Crippen LogP contribution in [0.1, 0.15) is 11.1 Å². The van der Waals surface area contributed by atoms with Crippen molar-refractivity contribution in [3.63, 3.8) is 0 Å². The minimum Gasteiger partial charge on any atom is -0.507 e. The summed E-state index contributed by atoms with van der Waals surface area (Å²) >= 11 is 1.64. The Bertz CT molecular complexity index is 986. The van der Waals surface area contributed by atoms with Crippen molar-refractivity contribution < 1.29 is 5.11 Å². The van der Waals surface area contributed by atoms with Gasteiger partial charge in [-0.05, 0) is 36.4 Å². The SMILES string of the molecule is CSN1CCc2c(c(=O)[nH]c3nnc(-c4ccccc4O)cc23)C1. The first kappa shape index (κ1) is 15.2. The second-order valence-electron chi connectivity index (χ2n) is 5.72. The summed E-state index contributed by atoms with van der Waals surface area (Å²) < 4.78 is 2.17. The van der Waals surface area contributed by atoms with Crippen LogP contribution in [0.5, 0.6) is 5.75 Å². The maximum Gasteiger partial charge on any atom is 0.254 e. The summed E-state index contributed by atoms with van der Waals surface area (Å²) in [5.41, 5.74) is 3.46. The number of aromatic nitrogens is 3. The zero-order chi connectivity index (χ0) is 16.7. The van der Waals surface area contributed by atoms with E-state index in [-0.39, 0.29) is 11.3 Å². The standard InChI is InChI=1S/C17H16N4O2S/c1-24-21-7-6-10-12-8-14(11-4-2-3-5-15(11)22)19-20-16(12)18-17(23)13(10)9-21/h2-5,8,22H,6-7,9H2,1H3,(H,18,20,23). The molecule has 0 fully saturated rings. The van der Waals surface area contributed by atoms with Crippen molar-refractivity contribution in [3.05, 3.63) is 51.8 Å². The van der Waals surface area contributed by atoms with E-state index in [1.54, 1.807) is 30.1 Å². The van der Waals surface area contributed by atoms with Gasteiger partial charge in [0.2, 0.25) is 0 Å². The summed E-state index contributed by atoms with van der Waals surface area (Å²) in [6, 6.07) is 8.95. The van der Waals surface area contributed by atoms with Crippen LogP contribution in [-0.2, 0) is 13.0 Å². The number of pyridine rings is 1. The number of aromatic hydroxyl groups is 1. The number of nitrogens with one attached hydrogen (secondary N) is 1. The molecule has 0 amide bonds. The van der Waals surface area contributed by atoms with Crippen LogP contribution in [-0.4, -0.2) is 37.4 Å². The lowest BCUT2D eigenvalue weighted by atomic mass is 9.98. The van der Waals surface area contributed by atoms with E-state index in [9.17, 15) is 9.90 Å². The topological polar surface area (TPSA) is 82.1 Å². The number of H-pyrrole nitrogens is 1. The van der Waals surface area contributed by atoms with Gasteiger partial charge in [-0.3, -0.25) is 4.79 Å². The second kappa shape index (κ2) is 5.92. The molecule has 0 unspecified atom stereocenters. The number of phenolic OH excluding ortho intramolecular Hbond substituents is 1. The van der Waals surface area contributed by atoms with Crippen LogP contribution in [0, 0.1) is 0 Å². The van der Waals surface area contributed by atoms with Gasteiger partial charge in [-0.2, -0.15) is 0 Å². The minimum absolute atomic E-state index is 0.0964. The van der Waals surface area contributed by atoms with E-state index < -0.39 is 0 Å². The Morgan fingerprint density at radius 2 is 2.08 bits per heavy atom. The summed E-state index contributed by atoms with van der Waals surface area (Å²) in [4.78, 5) is 15.2. The van der Waals surface area contributed by atoms with E-state index in [0.29, 0.717) is 23.4 Å². The van der Waals surface area contributed by atoms with Gasteiger partial charge in [0.1, 0.15) is 5.75 Å². The van der Waals surface area contributed by atoms with Crippen molar-refractivity contribution >= 4 is 23.0 Å². The molecular formula is C17H16N4O2S. The summed E-state index contributed by atoms with van der Waals surface area (Å²) in [6.45, 7) is 1.51. The monoisotopic (exact) mass is 340 g/mol. The maximum absolute atomic E-state index is 12.3. The van der Waals surface area contributed by atoms with Gasteiger partial charge in [-0.1, -0.05) is 24.1 Å². The fourth-order valence-electron chi connectivity index (χ4n) is 3.12. The number of nitrogens with zero attached hydrogens (tertiary/aromatic N) is 3. The summed E-state index contributed by atoms with van der Waals surface area (Å²) in [5.74, 6) is 0.165. The van der Waals surface area contributed by atoms with Crippen molar-refractivity contribution in [1.29, 1.82) is 0 Å². The highest BCUT2D eigenvalue weighted by molar-refractivity contribution is 7.96. The Kier molecular flexibility index (Phi) is 3.74. The second-order valence-corrected chi connectivity index (χ2v) is 6.60. The number of aromatic amines is 1. The Morgan fingerprint density at radius 3 is 2.88 bits per heavy atom. The highest BCUT2D eigenvalue weighted by atomic mass is 32.2. The molecule has 1 aromatic carbocycles. The first-order valence-electron chi connectivity index (χ1n) is 7.66.